The van der Waals surface area contributed by atoms with Crippen molar-refractivity contribution in [3.63, 3.8) is 0 Å². The molecule has 0 unspecified atom stereocenters. The Kier molecular flexibility index (Phi) is 3.04. The average Bonchev–Trinajstić information content (AvgIpc) is 2.16. The van der Waals surface area contributed by atoms with Crippen molar-refractivity contribution >= 4 is 12.0 Å². The Morgan fingerprint density at radius 3 is 2.58 bits per heavy atom. The lowest BCUT2D eigenvalue weighted by molar-refractivity contribution is -0.115. The molecule has 0 aliphatic carbocycles. The second-order valence-corrected chi connectivity index (χ2v) is 2.21. The zero-order chi connectivity index (χ0) is 8.81. The number of carbonyl (C=O) groups excluding carboxylic acids is 1. The molecule has 3 nitrogen and oxygen atoms in total. The summed E-state index contributed by atoms with van der Waals surface area (Å²) in [7, 11) is 0. The van der Waals surface area contributed by atoms with E-state index in [1.54, 1.807) is 6.08 Å². The molecule has 3 heteroatoms. The highest BCUT2D eigenvalue weighted by Crippen LogP contribution is 1.99. The summed E-state index contributed by atoms with van der Waals surface area (Å²) in [4.78, 5) is 10.5. The monoisotopic (exact) mass is 162 g/mol. The molecular weight excluding hydrogens is 154 g/mol. The Hall–Kier alpha value is -1.61. The van der Waals surface area contributed by atoms with Gasteiger partial charge in [-0.15, -0.1) is 0 Å². The first-order valence-corrected chi connectivity index (χ1v) is 3.48. The fourth-order valence-electron chi connectivity index (χ4n) is 0.770. The second kappa shape index (κ2) is 4.31. The van der Waals surface area contributed by atoms with E-state index in [-0.39, 0.29) is 0 Å². The van der Waals surface area contributed by atoms with E-state index in [0.29, 0.717) is 0 Å². The molecule has 0 fully saturated rings. The van der Waals surface area contributed by atoms with Gasteiger partial charge < -0.3 is 10.7 Å². The fourth-order valence-corrected chi connectivity index (χ4v) is 0.770. The van der Waals surface area contributed by atoms with Gasteiger partial charge in [0, 0.05) is 6.08 Å². The quantitative estimate of drug-likeness (QED) is 0.526. The molecular formula is C9H8NO2-. The zero-order valence-corrected chi connectivity index (χ0v) is 6.36. The maximum atomic E-state index is 10.5. The van der Waals surface area contributed by atoms with Crippen LogP contribution in [0.4, 0.5) is 0 Å². The topological polar surface area (TPSA) is 52.2 Å². The van der Waals surface area contributed by atoms with E-state index >= 15 is 0 Å². The SMILES string of the molecule is O=C(C=Cc1ccccc1)N[O-]. The van der Waals surface area contributed by atoms with Crippen molar-refractivity contribution < 1.29 is 4.79 Å². The summed E-state index contributed by atoms with van der Waals surface area (Å²) >= 11 is 0. The second-order valence-electron chi connectivity index (χ2n) is 2.21. The van der Waals surface area contributed by atoms with Crippen LogP contribution in [0.2, 0.25) is 0 Å². The minimum atomic E-state index is -0.640. The summed E-state index contributed by atoms with van der Waals surface area (Å²) < 4.78 is 0. The first-order chi connectivity index (χ1) is 5.83. The van der Waals surface area contributed by atoms with Crippen LogP contribution in [0.5, 0.6) is 0 Å². The van der Waals surface area contributed by atoms with Crippen LogP contribution in [-0.2, 0) is 4.79 Å². The Bertz CT molecular complexity index is 280. The molecule has 1 aromatic carbocycles. The van der Waals surface area contributed by atoms with Crippen LogP contribution in [0.15, 0.2) is 36.4 Å². The summed E-state index contributed by atoms with van der Waals surface area (Å²) in [6.45, 7) is 0. The van der Waals surface area contributed by atoms with Crippen molar-refractivity contribution in [1.82, 2.24) is 5.48 Å². The van der Waals surface area contributed by atoms with Gasteiger partial charge in [0.25, 0.3) is 0 Å². The predicted octanol–water partition coefficient (Wildman–Crippen LogP) is 1.31. The molecule has 62 valence electrons. The maximum absolute atomic E-state index is 10.5. The van der Waals surface area contributed by atoms with Crippen molar-refractivity contribution in [3.8, 4) is 0 Å². The summed E-state index contributed by atoms with van der Waals surface area (Å²) in [6.07, 6.45) is 2.77. The van der Waals surface area contributed by atoms with Gasteiger partial charge in [0.15, 0.2) is 0 Å². The highest BCUT2D eigenvalue weighted by Gasteiger charge is 1.85. The smallest absolute Gasteiger partial charge is 0.233 e. The molecule has 0 aliphatic rings. The molecule has 12 heavy (non-hydrogen) atoms. The fraction of sp³-hybridized carbons (Fsp3) is 0. The minimum Gasteiger partial charge on any atom is -0.759 e. The van der Waals surface area contributed by atoms with Gasteiger partial charge in [-0.2, -0.15) is 0 Å². The minimum absolute atomic E-state index is 0.640. The third kappa shape index (κ3) is 2.56. The molecule has 0 atom stereocenters. The third-order valence-electron chi connectivity index (χ3n) is 1.33. The van der Waals surface area contributed by atoms with Crippen molar-refractivity contribution in [2.45, 2.75) is 0 Å². The number of hydrogen-bond acceptors (Lipinski definition) is 2. The van der Waals surface area contributed by atoms with E-state index in [4.69, 9.17) is 0 Å². The number of rotatable bonds is 2. The molecule has 0 aliphatic heterocycles. The van der Waals surface area contributed by atoms with Gasteiger partial charge in [-0.1, -0.05) is 30.3 Å². The number of benzene rings is 1. The summed E-state index contributed by atoms with van der Waals surface area (Å²) in [5.74, 6) is -0.640. The van der Waals surface area contributed by atoms with Crippen LogP contribution in [0, 0.1) is 5.21 Å². The Morgan fingerprint density at radius 1 is 1.33 bits per heavy atom. The standard InChI is InChI=1S/C9H8NO2/c11-9(10-12)7-6-8-4-2-1-3-5-8/h1-7H,(H-,10,11,12)/q-1. The molecule has 0 saturated heterocycles. The highest BCUT2D eigenvalue weighted by atomic mass is 16.5. The number of nitrogens with one attached hydrogen (secondary N) is 1. The average molecular weight is 162 g/mol. The number of carbonyl (C=O) groups is 1. The molecule has 0 bridgehead atoms. The highest BCUT2D eigenvalue weighted by molar-refractivity contribution is 5.91. The third-order valence-corrected chi connectivity index (χ3v) is 1.33. The Balaban J connectivity index is 2.64. The predicted molar refractivity (Wildman–Crippen MR) is 47.0 cm³/mol. The van der Waals surface area contributed by atoms with Crippen molar-refractivity contribution in [2.24, 2.45) is 0 Å². The summed E-state index contributed by atoms with van der Waals surface area (Å²) in [5.41, 5.74) is 2.15. The van der Waals surface area contributed by atoms with E-state index in [1.165, 1.54) is 11.6 Å². The van der Waals surface area contributed by atoms with E-state index < -0.39 is 5.91 Å². The van der Waals surface area contributed by atoms with Crippen molar-refractivity contribution in [3.05, 3.63) is 47.2 Å². The van der Waals surface area contributed by atoms with Gasteiger partial charge in [-0.05, 0) is 11.6 Å². The molecule has 1 rings (SSSR count). The van der Waals surface area contributed by atoms with Gasteiger partial charge in [0.2, 0.25) is 5.91 Å². The lowest BCUT2D eigenvalue weighted by Gasteiger charge is -2.01. The molecule has 0 aromatic heterocycles. The Labute approximate surface area is 70.3 Å². The van der Waals surface area contributed by atoms with Crippen LogP contribution >= 0.6 is 0 Å². The van der Waals surface area contributed by atoms with Crippen LogP contribution in [-0.4, -0.2) is 5.91 Å². The zero-order valence-electron chi connectivity index (χ0n) is 6.36. The molecule has 0 radical (unpaired) electrons. The van der Waals surface area contributed by atoms with Crippen molar-refractivity contribution in [2.75, 3.05) is 0 Å². The number of hydroxylamine groups is 1. The van der Waals surface area contributed by atoms with E-state index in [9.17, 15) is 10.0 Å². The van der Waals surface area contributed by atoms with Gasteiger partial charge in [0.1, 0.15) is 0 Å². The van der Waals surface area contributed by atoms with Gasteiger partial charge in [-0.3, -0.25) is 4.79 Å². The van der Waals surface area contributed by atoms with Crippen molar-refractivity contribution in [1.29, 1.82) is 0 Å². The van der Waals surface area contributed by atoms with E-state index in [2.05, 4.69) is 0 Å². The molecule has 0 saturated carbocycles. The molecule has 1 amide bonds. The molecule has 1 aromatic rings. The first-order valence-electron chi connectivity index (χ1n) is 3.48. The Morgan fingerprint density at radius 2 is 2.00 bits per heavy atom. The summed E-state index contributed by atoms with van der Waals surface area (Å²) in [6, 6.07) is 9.28. The largest absolute Gasteiger partial charge is 0.759 e. The van der Waals surface area contributed by atoms with Gasteiger partial charge in [-0.25, -0.2) is 0 Å². The first kappa shape index (κ1) is 8.49. The van der Waals surface area contributed by atoms with Gasteiger partial charge in [0.05, 0.1) is 0 Å². The summed E-state index contributed by atoms with van der Waals surface area (Å²) in [5, 5.41) is 9.80. The molecule has 0 spiro atoms. The number of amides is 1. The van der Waals surface area contributed by atoms with Crippen LogP contribution < -0.4 is 5.48 Å². The van der Waals surface area contributed by atoms with E-state index in [1.807, 2.05) is 30.3 Å². The van der Waals surface area contributed by atoms with Crippen LogP contribution in [0.3, 0.4) is 0 Å². The molecule has 0 heterocycles. The lowest BCUT2D eigenvalue weighted by atomic mass is 10.2. The van der Waals surface area contributed by atoms with Crippen LogP contribution in [0.1, 0.15) is 5.56 Å². The normalized spacial score (nSPS) is 10.1. The van der Waals surface area contributed by atoms with Crippen LogP contribution in [0.25, 0.3) is 6.08 Å². The van der Waals surface area contributed by atoms with E-state index in [0.717, 1.165) is 5.56 Å². The maximum Gasteiger partial charge on any atom is 0.233 e. The lowest BCUT2D eigenvalue weighted by Crippen LogP contribution is -2.11. The molecule has 1 N–H and O–H groups in total. The number of hydrogen-bond donors (Lipinski definition) is 1. The van der Waals surface area contributed by atoms with Gasteiger partial charge >= 0.3 is 0 Å².